The van der Waals surface area contributed by atoms with E-state index in [1.165, 1.54) is 6.92 Å². The van der Waals surface area contributed by atoms with E-state index in [1.54, 1.807) is 0 Å². The predicted octanol–water partition coefficient (Wildman–Crippen LogP) is -0.641. The summed E-state index contributed by atoms with van der Waals surface area (Å²) in [7, 11) is -3.65. The molecule has 46 valence electrons. The summed E-state index contributed by atoms with van der Waals surface area (Å²) >= 11 is 0. The summed E-state index contributed by atoms with van der Waals surface area (Å²) in [6.07, 6.45) is -0.0625. The topological polar surface area (TPSA) is 89.0 Å². The molecule has 4 N–H and O–H groups in total. The van der Waals surface area contributed by atoms with Crippen molar-refractivity contribution in [3.05, 3.63) is 0 Å². The van der Waals surface area contributed by atoms with Crippen molar-refractivity contribution in [2.45, 2.75) is 6.92 Å². The smallest absolute Gasteiger partial charge is 0.325 e. The highest BCUT2D eigenvalue weighted by Crippen LogP contribution is 2.32. The highest BCUT2D eigenvalue weighted by atomic mass is 31.2. The highest BCUT2D eigenvalue weighted by molar-refractivity contribution is 7.51. The molecule has 0 spiro atoms. The van der Waals surface area contributed by atoms with Crippen LogP contribution in [0.25, 0.3) is 0 Å². The first-order valence-electron chi connectivity index (χ1n) is 1.61. The van der Waals surface area contributed by atoms with Gasteiger partial charge in [0.25, 0.3) is 0 Å². The molecule has 0 radical (unpaired) electrons. The van der Waals surface area contributed by atoms with Gasteiger partial charge in [-0.3, -0.25) is 4.57 Å². The van der Waals surface area contributed by atoms with Crippen molar-refractivity contribution in [3.63, 3.8) is 0 Å². The fourth-order valence-corrected chi connectivity index (χ4v) is 0. The van der Waals surface area contributed by atoms with Crippen LogP contribution < -0.4 is 0 Å². The second kappa shape index (κ2) is 3.16. The Kier molecular flexibility index (Phi) is 4.58. The molecule has 0 fully saturated rings. The van der Waals surface area contributed by atoms with E-state index in [-0.39, 0.29) is 11.6 Å². The highest BCUT2D eigenvalue weighted by Gasteiger charge is 2.05. The maximum Gasteiger partial charge on any atom is 0.325 e. The Morgan fingerprint density at radius 2 is 1.71 bits per heavy atom. The summed E-state index contributed by atoms with van der Waals surface area (Å²) in [5.41, 5.74) is 0. The van der Waals surface area contributed by atoms with Gasteiger partial charge in [0.1, 0.15) is 0 Å². The molecule has 0 aliphatic rings. The lowest BCUT2D eigenvalue weighted by Gasteiger charge is -1.92. The molecule has 0 aromatic heterocycles. The first kappa shape index (κ1) is 10.2. The molecule has 0 aromatic carbocycles. The van der Waals surface area contributed by atoms with Crippen molar-refractivity contribution < 1.29 is 19.8 Å². The van der Waals surface area contributed by atoms with Gasteiger partial charge in [-0.25, -0.2) is 0 Å². The van der Waals surface area contributed by atoms with Gasteiger partial charge < -0.3 is 15.3 Å². The maximum atomic E-state index is 9.69. The summed E-state index contributed by atoms with van der Waals surface area (Å²) in [6, 6.07) is 0. The van der Waals surface area contributed by atoms with Gasteiger partial charge in [0.05, 0.1) is 0 Å². The third-order valence-electron chi connectivity index (χ3n) is 0.412. The third kappa shape index (κ3) is 10.7. The molecule has 0 saturated heterocycles. The predicted molar refractivity (Wildman–Crippen MR) is 26.2 cm³/mol. The maximum absolute atomic E-state index is 9.69. The second-order valence-corrected chi connectivity index (χ2v) is 2.94. The summed E-state index contributed by atoms with van der Waals surface area (Å²) in [4.78, 5) is 15.9. The number of hydrogen-bond donors (Lipinski definition) is 2. The van der Waals surface area contributed by atoms with E-state index in [9.17, 15) is 4.57 Å². The monoisotopic (exact) mass is 128 g/mol. The molecule has 0 aromatic rings. The average molecular weight is 128 g/mol. The van der Waals surface area contributed by atoms with Crippen LogP contribution in [0.5, 0.6) is 0 Å². The van der Waals surface area contributed by atoms with E-state index in [0.717, 1.165) is 0 Å². The third-order valence-corrected chi connectivity index (χ3v) is 1.24. The summed E-state index contributed by atoms with van der Waals surface area (Å²) in [5.74, 6) is 0. The molecule has 0 heterocycles. The molecule has 0 aliphatic heterocycles. The fourth-order valence-electron chi connectivity index (χ4n) is 0. The molecule has 7 heavy (non-hydrogen) atoms. The first-order chi connectivity index (χ1) is 2.56. The van der Waals surface area contributed by atoms with Crippen molar-refractivity contribution in [1.82, 2.24) is 0 Å². The van der Waals surface area contributed by atoms with Crippen LogP contribution in [-0.4, -0.2) is 21.4 Å². The zero-order chi connectivity index (χ0) is 5.21. The largest absolute Gasteiger partial charge is 0.412 e. The molecule has 5 heteroatoms. The average Bonchev–Trinajstić information content (AvgIpc) is 1.35. The molecular weight excluding hydrogens is 119 g/mol. The number of rotatable bonds is 1. The minimum Gasteiger partial charge on any atom is -0.412 e. The first-order valence-corrected chi connectivity index (χ1v) is 3.40. The lowest BCUT2D eigenvalue weighted by atomic mass is 11.0. The van der Waals surface area contributed by atoms with E-state index in [4.69, 9.17) is 9.79 Å². The van der Waals surface area contributed by atoms with Crippen LogP contribution >= 0.6 is 7.60 Å². The second-order valence-electron chi connectivity index (χ2n) is 0.981. The standard InChI is InChI=1S/C2H7O3P.H2O/c1-2-6(3,4)5;/h2H2,1H3,(H2,3,4,5);1H2. The van der Waals surface area contributed by atoms with Crippen molar-refractivity contribution in [2.75, 3.05) is 6.16 Å². The van der Waals surface area contributed by atoms with Gasteiger partial charge in [-0.1, -0.05) is 6.92 Å². The zero-order valence-corrected chi connectivity index (χ0v) is 4.85. The molecule has 0 aliphatic carbocycles. The molecule has 0 rings (SSSR count). The van der Waals surface area contributed by atoms with E-state index >= 15 is 0 Å². The molecule has 0 atom stereocenters. The van der Waals surface area contributed by atoms with Crippen LogP contribution in [0.3, 0.4) is 0 Å². The molecule has 0 bridgehead atoms. The van der Waals surface area contributed by atoms with Gasteiger partial charge in [-0.05, 0) is 0 Å². The van der Waals surface area contributed by atoms with Gasteiger partial charge in [-0.2, -0.15) is 0 Å². The van der Waals surface area contributed by atoms with Gasteiger partial charge in [0.15, 0.2) is 0 Å². The summed E-state index contributed by atoms with van der Waals surface area (Å²) in [6.45, 7) is 1.45. The Morgan fingerprint density at radius 1 is 1.57 bits per heavy atom. The van der Waals surface area contributed by atoms with Crippen LogP contribution in [-0.2, 0) is 4.57 Å². The molecule has 4 nitrogen and oxygen atoms in total. The van der Waals surface area contributed by atoms with E-state index in [0.29, 0.717) is 0 Å². The lowest BCUT2D eigenvalue weighted by molar-refractivity contribution is 0.375. The molecule has 0 amide bonds. The van der Waals surface area contributed by atoms with Crippen molar-refractivity contribution in [3.8, 4) is 0 Å². The van der Waals surface area contributed by atoms with Gasteiger partial charge >= 0.3 is 7.60 Å². The molecule has 0 saturated carbocycles. The molecule has 0 unspecified atom stereocenters. The minimum absolute atomic E-state index is 0. The Labute approximate surface area is 41.6 Å². The Balaban J connectivity index is 0. The van der Waals surface area contributed by atoms with Gasteiger partial charge in [0.2, 0.25) is 0 Å². The van der Waals surface area contributed by atoms with Crippen molar-refractivity contribution in [2.24, 2.45) is 0 Å². The van der Waals surface area contributed by atoms with E-state index in [2.05, 4.69) is 0 Å². The quantitative estimate of drug-likeness (QED) is 0.460. The Hall–Kier alpha value is 0.110. The minimum atomic E-state index is -3.65. The number of hydrogen-bond acceptors (Lipinski definition) is 1. The zero-order valence-electron chi connectivity index (χ0n) is 3.96. The van der Waals surface area contributed by atoms with Crippen LogP contribution in [0.1, 0.15) is 6.92 Å². The van der Waals surface area contributed by atoms with Crippen molar-refractivity contribution >= 4 is 7.60 Å². The van der Waals surface area contributed by atoms with Crippen LogP contribution in [0.2, 0.25) is 0 Å². The molecular formula is C2H9O4P. The van der Waals surface area contributed by atoms with Gasteiger partial charge in [0, 0.05) is 6.16 Å². The van der Waals surface area contributed by atoms with Crippen LogP contribution in [0.4, 0.5) is 0 Å². The normalized spacial score (nSPS) is 10.1. The summed E-state index contributed by atoms with van der Waals surface area (Å²) < 4.78 is 9.69. The SMILES string of the molecule is CCP(=O)(O)O.O. The van der Waals surface area contributed by atoms with Crippen LogP contribution in [0.15, 0.2) is 0 Å². The summed E-state index contributed by atoms with van der Waals surface area (Å²) in [5, 5.41) is 0. The van der Waals surface area contributed by atoms with Gasteiger partial charge in [-0.15, -0.1) is 0 Å². The Bertz CT molecular complexity index is 73.8. The van der Waals surface area contributed by atoms with E-state index in [1.807, 2.05) is 0 Å². The van der Waals surface area contributed by atoms with E-state index < -0.39 is 7.60 Å². The van der Waals surface area contributed by atoms with Crippen LogP contribution in [0, 0.1) is 0 Å². The Morgan fingerprint density at radius 3 is 1.71 bits per heavy atom. The van der Waals surface area contributed by atoms with Crippen molar-refractivity contribution in [1.29, 1.82) is 0 Å². The lowest BCUT2D eigenvalue weighted by Crippen LogP contribution is -1.76. The fraction of sp³-hybridized carbons (Fsp3) is 1.00.